The van der Waals surface area contributed by atoms with Gasteiger partial charge in [-0.25, -0.2) is 4.98 Å². The Hall–Kier alpha value is -4.04. The SMILES string of the molecule is C[C@H](NC(=O)c1ccco1)c1nc(-c2ccc(-c3csc(-c4ccccc4)n3)cc2)no1. The van der Waals surface area contributed by atoms with Crippen LogP contribution in [0.3, 0.4) is 0 Å². The van der Waals surface area contributed by atoms with Crippen molar-refractivity contribution in [2.75, 3.05) is 0 Å². The lowest BCUT2D eigenvalue weighted by molar-refractivity contribution is 0.0904. The molecule has 1 N–H and O–H groups in total. The molecule has 0 aliphatic carbocycles. The van der Waals surface area contributed by atoms with Crippen LogP contribution in [0.2, 0.25) is 0 Å². The molecule has 1 amide bonds. The van der Waals surface area contributed by atoms with Gasteiger partial charge in [0.15, 0.2) is 5.76 Å². The quantitative estimate of drug-likeness (QED) is 0.367. The smallest absolute Gasteiger partial charge is 0.287 e. The Morgan fingerprint density at radius 2 is 1.72 bits per heavy atom. The summed E-state index contributed by atoms with van der Waals surface area (Å²) in [6, 6.07) is 20.7. The van der Waals surface area contributed by atoms with Crippen molar-refractivity contribution in [3.63, 3.8) is 0 Å². The first-order valence-electron chi connectivity index (χ1n) is 9.97. The monoisotopic (exact) mass is 442 g/mol. The van der Waals surface area contributed by atoms with E-state index in [1.54, 1.807) is 30.4 Å². The van der Waals surface area contributed by atoms with Gasteiger partial charge in [0.05, 0.1) is 12.0 Å². The zero-order chi connectivity index (χ0) is 21.9. The molecule has 5 rings (SSSR count). The Balaban J connectivity index is 1.29. The van der Waals surface area contributed by atoms with E-state index in [4.69, 9.17) is 13.9 Å². The molecule has 0 fully saturated rings. The highest BCUT2D eigenvalue weighted by atomic mass is 32.1. The fourth-order valence-electron chi connectivity index (χ4n) is 3.18. The number of nitrogens with zero attached hydrogens (tertiary/aromatic N) is 3. The number of hydrogen-bond acceptors (Lipinski definition) is 7. The van der Waals surface area contributed by atoms with Crippen LogP contribution in [0.4, 0.5) is 0 Å². The molecule has 0 unspecified atom stereocenters. The number of benzene rings is 2. The molecule has 0 aliphatic rings. The highest BCUT2D eigenvalue weighted by molar-refractivity contribution is 7.13. The molecule has 8 heteroatoms. The molecule has 5 aromatic rings. The summed E-state index contributed by atoms with van der Waals surface area (Å²) in [6.07, 6.45) is 1.45. The van der Waals surface area contributed by atoms with Gasteiger partial charge in [-0.2, -0.15) is 4.98 Å². The molecule has 0 spiro atoms. The number of hydrogen-bond donors (Lipinski definition) is 1. The predicted molar refractivity (Wildman–Crippen MR) is 121 cm³/mol. The molecule has 158 valence electrons. The third-order valence-electron chi connectivity index (χ3n) is 4.87. The minimum Gasteiger partial charge on any atom is -0.459 e. The van der Waals surface area contributed by atoms with Crippen LogP contribution in [-0.4, -0.2) is 21.0 Å². The topological polar surface area (TPSA) is 94.1 Å². The number of furan rings is 1. The van der Waals surface area contributed by atoms with E-state index < -0.39 is 6.04 Å². The summed E-state index contributed by atoms with van der Waals surface area (Å²) in [7, 11) is 0. The zero-order valence-electron chi connectivity index (χ0n) is 17.1. The van der Waals surface area contributed by atoms with E-state index in [9.17, 15) is 4.79 Å². The van der Waals surface area contributed by atoms with Gasteiger partial charge in [0, 0.05) is 22.1 Å². The molecule has 3 heterocycles. The Bertz CT molecular complexity index is 1330. The molecule has 0 bridgehead atoms. The maximum Gasteiger partial charge on any atom is 0.287 e. The van der Waals surface area contributed by atoms with Crippen LogP contribution in [0.1, 0.15) is 29.4 Å². The lowest BCUT2D eigenvalue weighted by atomic mass is 10.1. The summed E-state index contributed by atoms with van der Waals surface area (Å²) in [6.45, 7) is 1.77. The molecule has 7 nitrogen and oxygen atoms in total. The van der Waals surface area contributed by atoms with Crippen LogP contribution < -0.4 is 5.32 Å². The van der Waals surface area contributed by atoms with Crippen molar-refractivity contribution in [3.05, 3.63) is 90.0 Å². The normalized spacial score (nSPS) is 11.9. The van der Waals surface area contributed by atoms with E-state index in [0.29, 0.717) is 11.7 Å². The van der Waals surface area contributed by atoms with Gasteiger partial charge in [0.1, 0.15) is 11.0 Å². The first-order valence-corrected chi connectivity index (χ1v) is 10.8. The molecular formula is C24H18N4O3S. The van der Waals surface area contributed by atoms with Crippen molar-refractivity contribution in [2.24, 2.45) is 0 Å². The molecule has 2 aromatic carbocycles. The summed E-state index contributed by atoms with van der Waals surface area (Å²) in [5.41, 5.74) is 3.85. The first kappa shape index (κ1) is 19.9. The maximum absolute atomic E-state index is 12.1. The largest absolute Gasteiger partial charge is 0.459 e. The number of thiazole rings is 1. The fourth-order valence-corrected chi connectivity index (χ4v) is 4.01. The van der Waals surface area contributed by atoms with Crippen LogP contribution in [0, 0.1) is 0 Å². The molecule has 0 saturated carbocycles. The average molecular weight is 443 g/mol. The zero-order valence-corrected chi connectivity index (χ0v) is 17.9. The van der Waals surface area contributed by atoms with Crippen LogP contribution in [0.15, 0.2) is 87.3 Å². The standard InChI is InChI=1S/C24H18N4O3S/c1-15(25-22(29)20-8-5-13-30-20)23-27-21(28-31-23)17-11-9-16(10-12-17)19-14-32-24(26-19)18-6-3-2-4-7-18/h2-15H,1H3,(H,25,29)/t15-/m0/s1. The second-order valence-corrected chi connectivity index (χ2v) is 7.97. The van der Waals surface area contributed by atoms with Crippen molar-refractivity contribution in [1.29, 1.82) is 0 Å². The van der Waals surface area contributed by atoms with Crippen molar-refractivity contribution >= 4 is 17.2 Å². The van der Waals surface area contributed by atoms with Crippen LogP contribution in [-0.2, 0) is 0 Å². The average Bonchev–Trinajstić information content (AvgIpc) is 3.61. The maximum atomic E-state index is 12.1. The number of carbonyl (C=O) groups is 1. The van der Waals surface area contributed by atoms with Crippen molar-refractivity contribution in [1.82, 2.24) is 20.4 Å². The van der Waals surface area contributed by atoms with E-state index in [1.807, 2.05) is 47.8 Å². The van der Waals surface area contributed by atoms with Gasteiger partial charge in [-0.15, -0.1) is 11.3 Å². The number of carbonyl (C=O) groups excluding carboxylic acids is 1. The van der Waals surface area contributed by atoms with E-state index in [-0.39, 0.29) is 11.7 Å². The number of aromatic nitrogens is 3. The molecule has 0 radical (unpaired) electrons. The first-order chi connectivity index (χ1) is 15.7. The Morgan fingerprint density at radius 3 is 2.47 bits per heavy atom. The second kappa shape index (κ2) is 8.60. The Kier molecular flexibility index (Phi) is 5.35. The van der Waals surface area contributed by atoms with Gasteiger partial charge in [0.25, 0.3) is 5.91 Å². The third-order valence-corrected chi connectivity index (χ3v) is 5.76. The van der Waals surface area contributed by atoms with Crippen molar-refractivity contribution in [3.8, 4) is 33.2 Å². The van der Waals surface area contributed by atoms with Gasteiger partial charge in [-0.3, -0.25) is 4.79 Å². The van der Waals surface area contributed by atoms with Gasteiger partial charge < -0.3 is 14.3 Å². The molecule has 0 saturated heterocycles. The van der Waals surface area contributed by atoms with Gasteiger partial charge in [0.2, 0.25) is 11.7 Å². The minimum absolute atomic E-state index is 0.227. The molecule has 1 atom stereocenters. The highest BCUT2D eigenvalue weighted by Crippen LogP contribution is 2.30. The van der Waals surface area contributed by atoms with Crippen molar-refractivity contribution < 1.29 is 13.7 Å². The van der Waals surface area contributed by atoms with Crippen LogP contribution >= 0.6 is 11.3 Å². The van der Waals surface area contributed by atoms with E-state index in [1.165, 1.54) is 6.26 Å². The number of rotatable bonds is 6. The summed E-state index contributed by atoms with van der Waals surface area (Å²) < 4.78 is 10.4. The number of amides is 1. The van der Waals surface area contributed by atoms with Crippen LogP contribution in [0.5, 0.6) is 0 Å². The summed E-state index contributed by atoms with van der Waals surface area (Å²) in [5, 5.41) is 9.86. The lowest BCUT2D eigenvalue weighted by Gasteiger charge is -2.07. The molecule has 3 aromatic heterocycles. The predicted octanol–water partition coefficient (Wildman–Crippen LogP) is 5.61. The minimum atomic E-state index is -0.459. The number of nitrogens with one attached hydrogen (secondary N) is 1. The highest BCUT2D eigenvalue weighted by Gasteiger charge is 2.19. The molecule has 0 aliphatic heterocycles. The van der Waals surface area contributed by atoms with Gasteiger partial charge in [-0.1, -0.05) is 59.8 Å². The second-order valence-electron chi connectivity index (χ2n) is 7.11. The summed E-state index contributed by atoms with van der Waals surface area (Å²) in [4.78, 5) is 21.3. The van der Waals surface area contributed by atoms with Crippen molar-refractivity contribution in [2.45, 2.75) is 13.0 Å². The lowest BCUT2D eigenvalue weighted by Crippen LogP contribution is -2.26. The fraction of sp³-hybridized carbons (Fsp3) is 0.0833. The Morgan fingerprint density at radius 1 is 0.938 bits per heavy atom. The van der Waals surface area contributed by atoms with Gasteiger partial charge >= 0.3 is 0 Å². The van der Waals surface area contributed by atoms with E-state index in [0.717, 1.165) is 27.4 Å². The third kappa shape index (κ3) is 4.08. The van der Waals surface area contributed by atoms with E-state index >= 15 is 0 Å². The van der Waals surface area contributed by atoms with Gasteiger partial charge in [-0.05, 0) is 19.1 Å². The Labute approximate surface area is 187 Å². The summed E-state index contributed by atoms with van der Waals surface area (Å²) >= 11 is 1.62. The molecular weight excluding hydrogens is 424 g/mol. The van der Waals surface area contributed by atoms with E-state index in [2.05, 4.69) is 27.6 Å². The summed E-state index contributed by atoms with van der Waals surface area (Å²) in [5.74, 6) is 0.652. The van der Waals surface area contributed by atoms with Crippen LogP contribution in [0.25, 0.3) is 33.2 Å². The molecule has 32 heavy (non-hydrogen) atoms.